The first-order valence-electron chi connectivity index (χ1n) is 7.25. The zero-order valence-corrected chi connectivity index (χ0v) is 13.9. The molecule has 0 spiro atoms. The van der Waals surface area contributed by atoms with Crippen LogP contribution in [0.1, 0.15) is 21.9 Å². The Morgan fingerprint density at radius 2 is 2.17 bits per heavy atom. The lowest BCUT2D eigenvalue weighted by molar-refractivity contribution is 0.0942. The highest BCUT2D eigenvalue weighted by molar-refractivity contribution is 7.88. The molecule has 0 atom stereocenters. The van der Waals surface area contributed by atoms with E-state index in [0.29, 0.717) is 31.9 Å². The predicted octanol–water partition coefficient (Wildman–Crippen LogP) is -0.0732. The molecule has 3 heterocycles. The van der Waals surface area contributed by atoms with E-state index in [0.717, 1.165) is 11.4 Å². The molecule has 0 unspecified atom stereocenters. The van der Waals surface area contributed by atoms with Crippen LogP contribution in [0.2, 0.25) is 0 Å². The largest absolute Gasteiger partial charge is 0.347 e. The highest BCUT2D eigenvalue weighted by atomic mass is 32.2. The summed E-state index contributed by atoms with van der Waals surface area (Å²) in [5, 5.41) is 7.24. The van der Waals surface area contributed by atoms with Crippen molar-refractivity contribution in [2.45, 2.75) is 19.6 Å². The van der Waals surface area contributed by atoms with Crippen molar-refractivity contribution in [3.05, 3.63) is 41.5 Å². The van der Waals surface area contributed by atoms with E-state index < -0.39 is 10.0 Å². The van der Waals surface area contributed by atoms with Crippen LogP contribution in [0.25, 0.3) is 0 Å². The first-order valence-corrected chi connectivity index (χ1v) is 9.09. The average Bonchev–Trinajstić information content (AvgIpc) is 3.08. The van der Waals surface area contributed by atoms with Gasteiger partial charge in [-0.1, -0.05) is 0 Å². The summed E-state index contributed by atoms with van der Waals surface area (Å²) in [5.74, 6) is -0.166. The maximum absolute atomic E-state index is 12.1. The van der Waals surface area contributed by atoms with Crippen LogP contribution < -0.4 is 5.32 Å². The van der Waals surface area contributed by atoms with Crippen molar-refractivity contribution in [1.29, 1.82) is 0 Å². The SMILES string of the molecule is Cn1cccc1C(=O)NCc1cc2n(n1)CCN(S(C)(=O)=O)C2. The highest BCUT2D eigenvalue weighted by Gasteiger charge is 2.24. The maximum Gasteiger partial charge on any atom is 0.268 e. The van der Waals surface area contributed by atoms with Gasteiger partial charge in [-0.05, 0) is 18.2 Å². The molecule has 0 saturated carbocycles. The molecule has 23 heavy (non-hydrogen) atoms. The fourth-order valence-corrected chi connectivity index (χ4v) is 3.41. The normalized spacial score (nSPS) is 15.4. The maximum atomic E-state index is 12.1. The van der Waals surface area contributed by atoms with Gasteiger partial charge in [0.05, 0.1) is 37.3 Å². The number of fused-ring (bicyclic) bond motifs is 1. The number of nitrogens with one attached hydrogen (secondary N) is 1. The number of amides is 1. The lowest BCUT2D eigenvalue weighted by Gasteiger charge is -2.25. The summed E-state index contributed by atoms with van der Waals surface area (Å²) < 4.78 is 28.2. The number of aryl methyl sites for hydroxylation is 1. The molecule has 2 aromatic heterocycles. The molecule has 1 amide bonds. The minimum atomic E-state index is -3.20. The fourth-order valence-electron chi connectivity index (χ4n) is 2.63. The van der Waals surface area contributed by atoms with Crippen molar-refractivity contribution >= 4 is 15.9 Å². The quantitative estimate of drug-likeness (QED) is 0.845. The van der Waals surface area contributed by atoms with Gasteiger partial charge in [0.2, 0.25) is 10.0 Å². The van der Waals surface area contributed by atoms with Crippen molar-refractivity contribution in [1.82, 2.24) is 24.0 Å². The van der Waals surface area contributed by atoms with Crippen LogP contribution >= 0.6 is 0 Å². The molecule has 0 bridgehead atoms. The molecule has 8 nitrogen and oxygen atoms in total. The van der Waals surface area contributed by atoms with Gasteiger partial charge in [-0.15, -0.1) is 0 Å². The molecule has 0 aromatic carbocycles. The molecule has 124 valence electrons. The number of aromatic nitrogens is 3. The molecular formula is C14H19N5O3S. The molecule has 1 N–H and O–H groups in total. The van der Waals surface area contributed by atoms with E-state index in [9.17, 15) is 13.2 Å². The van der Waals surface area contributed by atoms with Crippen LogP contribution in [-0.2, 0) is 36.7 Å². The van der Waals surface area contributed by atoms with Crippen molar-refractivity contribution in [2.75, 3.05) is 12.8 Å². The van der Waals surface area contributed by atoms with E-state index in [1.807, 2.05) is 25.4 Å². The topological polar surface area (TPSA) is 89.2 Å². The van der Waals surface area contributed by atoms with Crippen molar-refractivity contribution < 1.29 is 13.2 Å². The van der Waals surface area contributed by atoms with E-state index >= 15 is 0 Å². The van der Waals surface area contributed by atoms with Gasteiger partial charge in [0.15, 0.2) is 0 Å². The summed E-state index contributed by atoms with van der Waals surface area (Å²) in [6, 6.07) is 5.39. The Hall–Kier alpha value is -2.13. The number of rotatable bonds is 4. The summed E-state index contributed by atoms with van der Waals surface area (Å²) in [6.45, 7) is 1.57. The van der Waals surface area contributed by atoms with Crippen LogP contribution in [0.5, 0.6) is 0 Å². The van der Waals surface area contributed by atoms with Crippen molar-refractivity contribution in [3.8, 4) is 0 Å². The van der Waals surface area contributed by atoms with E-state index in [-0.39, 0.29) is 5.91 Å². The van der Waals surface area contributed by atoms with Gasteiger partial charge in [-0.25, -0.2) is 8.42 Å². The Morgan fingerprint density at radius 1 is 1.39 bits per heavy atom. The lowest BCUT2D eigenvalue weighted by atomic mass is 10.3. The third kappa shape index (κ3) is 3.30. The van der Waals surface area contributed by atoms with Crippen molar-refractivity contribution in [3.63, 3.8) is 0 Å². The second kappa shape index (κ2) is 5.82. The molecule has 2 aromatic rings. The zero-order chi connectivity index (χ0) is 16.6. The zero-order valence-electron chi connectivity index (χ0n) is 13.1. The van der Waals surface area contributed by atoms with Gasteiger partial charge < -0.3 is 9.88 Å². The third-order valence-electron chi connectivity index (χ3n) is 3.89. The monoisotopic (exact) mass is 337 g/mol. The molecule has 0 fully saturated rings. The summed E-state index contributed by atoms with van der Waals surface area (Å²) in [6.07, 6.45) is 3.02. The average molecular weight is 337 g/mol. The standard InChI is InChI=1S/C14H19N5O3S/c1-17-5-3-4-13(17)14(20)15-9-11-8-12-10-18(23(2,21)22)6-7-19(12)16-11/h3-5,8H,6-7,9-10H2,1-2H3,(H,15,20). The van der Waals surface area contributed by atoms with E-state index in [4.69, 9.17) is 0 Å². The van der Waals surface area contributed by atoms with Crippen LogP contribution in [0.4, 0.5) is 0 Å². The first kappa shape index (κ1) is 15.8. The van der Waals surface area contributed by atoms with Crippen molar-refractivity contribution in [2.24, 2.45) is 7.05 Å². The van der Waals surface area contributed by atoms with Crippen LogP contribution in [-0.4, -0.2) is 45.8 Å². The molecule has 0 radical (unpaired) electrons. The lowest BCUT2D eigenvalue weighted by Crippen LogP contribution is -2.37. The second-order valence-electron chi connectivity index (χ2n) is 5.63. The number of carbonyl (C=O) groups is 1. The molecule has 3 rings (SSSR count). The van der Waals surface area contributed by atoms with Crippen LogP contribution in [0.15, 0.2) is 24.4 Å². The molecular weight excluding hydrogens is 318 g/mol. The summed E-state index contributed by atoms with van der Waals surface area (Å²) >= 11 is 0. The highest BCUT2D eigenvalue weighted by Crippen LogP contribution is 2.16. The van der Waals surface area contributed by atoms with Gasteiger partial charge in [0.25, 0.3) is 5.91 Å². The minimum Gasteiger partial charge on any atom is -0.347 e. The number of sulfonamides is 1. The molecule has 0 aliphatic carbocycles. The third-order valence-corrected chi connectivity index (χ3v) is 5.14. The van der Waals surface area contributed by atoms with Gasteiger partial charge in [-0.3, -0.25) is 9.48 Å². The Labute approximate surface area is 134 Å². The van der Waals surface area contributed by atoms with Gasteiger partial charge >= 0.3 is 0 Å². The smallest absolute Gasteiger partial charge is 0.268 e. The first-order chi connectivity index (χ1) is 10.8. The summed E-state index contributed by atoms with van der Waals surface area (Å²) in [4.78, 5) is 12.1. The number of nitrogens with zero attached hydrogens (tertiary/aromatic N) is 4. The van der Waals surface area contributed by atoms with E-state index in [1.165, 1.54) is 10.6 Å². The minimum absolute atomic E-state index is 0.166. The van der Waals surface area contributed by atoms with E-state index in [1.54, 1.807) is 15.3 Å². The Morgan fingerprint density at radius 3 is 2.83 bits per heavy atom. The summed E-state index contributed by atoms with van der Waals surface area (Å²) in [7, 11) is -1.39. The van der Waals surface area contributed by atoms with Crippen LogP contribution in [0.3, 0.4) is 0 Å². The van der Waals surface area contributed by atoms with E-state index in [2.05, 4.69) is 10.4 Å². The van der Waals surface area contributed by atoms with Gasteiger partial charge in [0, 0.05) is 19.8 Å². The van der Waals surface area contributed by atoms with Crippen LogP contribution in [0, 0.1) is 0 Å². The number of hydrogen-bond donors (Lipinski definition) is 1. The van der Waals surface area contributed by atoms with Gasteiger partial charge in [-0.2, -0.15) is 9.40 Å². The molecule has 1 aliphatic heterocycles. The van der Waals surface area contributed by atoms with Gasteiger partial charge in [0.1, 0.15) is 5.69 Å². The molecule has 0 saturated heterocycles. The molecule has 1 aliphatic rings. The second-order valence-corrected chi connectivity index (χ2v) is 7.62. The number of hydrogen-bond acceptors (Lipinski definition) is 4. The summed E-state index contributed by atoms with van der Waals surface area (Å²) in [5.41, 5.74) is 2.14. The fraction of sp³-hybridized carbons (Fsp3) is 0.429. The molecule has 9 heteroatoms. The Bertz CT molecular complexity index is 836. The Kier molecular flexibility index (Phi) is 3.99. The Balaban J connectivity index is 1.66. The number of carbonyl (C=O) groups excluding carboxylic acids is 1. The predicted molar refractivity (Wildman–Crippen MR) is 84.1 cm³/mol.